The van der Waals surface area contributed by atoms with Crippen LogP contribution in [-0.4, -0.2) is 34.5 Å². The van der Waals surface area contributed by atoms with Gasteiger partial charge in [0.05, 0.1) is 11.1 Å². The van der Waals surface area contributed by atoms with Crippen LogP contribution in [0.3, 0.4) is 0 Å². The third-order valence-corrected chi connectivity index (χ3v) is 6.86. The van der Waals surface area contributed by atoms with E-state index >= 15 is 0 Å². The van der Waals surface area contributed by atoms with E-state index in [0.717, 1.165) is 11.1 Å². The Morgan fingerprint density at radius 1 is 1.05 bits per heavy atom. The molecule has 2 aromatic carbocycles. The van der Waals surface area contributed by atoms with E-state index in [1.807, 2.05) is 38.1 Å². The van der Waals surface area contributed by atoms with Crippen LogP contribution in [0.15, 0.2) is 59.5 Å². The standard InChI is InChI=1S/C31H34ClN3O5/c1-18(2)16-24(28(37)34-21-12-10-20(11-13-21)30(39)40-31(3,4)5)35-17-23-25(26(32)29(35)38)22-9-7-6-8-19(22)14-15-33-27(23)36/h6-13,17-18,24H,14-16H2,1-5H3,(H,33,36)(H,34,37). The van der Waals surface area contributed by atoms with Gasteiger partial charge in [-0.05, 0) is 74.9 Å². The van der Waals surface area contributed by atoms with Gasteiger partial charge in [0.1, 0.15) is 16.7 Å². The van der Waals surface area contributed by atoms with E-state index in [1.54, 1.807) is 45.0 Å². The lowest BCUT2D eigenvalue weighted by Crippen LogP contribution is -2.37. The quantitative estimate of drug-likeness (QED) is 0.378. The van der Waals surface area contributed by atoms with Crippen LogP contribution < -0.4 is 16.2 Å². The van der Waals surface area contributed by atoms with Crippen molar-refractivity contribution in [1.29, 1.82) is 0 Å². The number of ether oxygens (including phenoxy) is 1. The van der Waals surface area contributed by atoms with Crippen molar-refractivity contribution in [1.82, 2.24) is 9.88 Å². The van der Waals surface area contributed by atoms with Gasteiger partial charge in [-0.2, -0.15) is 0 Å². The van der Waals surface area contributed by atoms with Gasteiger partial charge in [0.25, 0.3) is 11.5 Å². The number of aromatic nitrogens is 1. The first kappa shape index (κ1) is 29.1. The maximum Gasteiger partial charge on any atom is 0.338 e. The summed E-state index contributed by atoms with van der Waals surface area (Å²) in [6, 6.07) is 12.9. The van der Waals surface area contributed by atoms with Crippen LogP contribution >= 0.6 is 11.6 Å². The van der Waals surface area contributed by atoms with E-state index < -0.39 is 29.1 Å². The molecule has 1 aliphatic rings. The highest BCUT2D eigenvalue weighted by atomic mass is 35.5. The van der Waals surface area contributed by atoms with Crippen molar-refractivity contribution in [2.24, 2.45) is 5.92 Å². The van der Waals surface area contributed by atoms with Crippen LogP contribution in [0.4, 0.5) is 5.69 Å². The van der Waals surface area contributed by atoms with Crippen molar-refractivity contribution < 1.29 is 19.1 Å². The maximum atomic E-state index is 13.6. The number of fused-ring (bicyclic) bond motifs is 3. The average molecular weight is 564 g/mol. The zero-order chi connectivity index (χ0) is 29.2. The topological polar surface area (TPSA) is 106 Å². The third kappa shape index (κ3) is 6.45. The zero-order valence-electron chi connectivity index (χ0n) is 23.3. The summed E-state index contributed by atoms with van der Waals surface area (Å²) in [7, 11) is 0. The molecule has 8 nitrogen and oxygen atoms in total. The third-order valence-electron chi connectivity index (χ3n) is 6.51. The van der Waals surface area contributed by atoms with Crippen molar-refractivity contribution >= 4 is 35.1 Å². The number of nitrogens with zero attached hydrogens (tertiary/aromatic N) is 1. The van der Waals surface area contributed by atoms with Crippen LogP contribution in [0.2, 0.25) is 5.02 Å². The summed E-state index contributed by atoms with van der Waals surface area (Å²) in [4.78, 5) is 52.7. The van der Waals surface area contributed by atoms with Gasteiger partial charge in [-0.25, -0.2) is 4.79 Å². The van der Waals surface area contributed by atoms with E-state index in [9.17, 15) is 19.2 Å². The van der Waals surface area contributed by atoms with Gasteiger partial charge in [0.2, 0.25) is 5.91 Å². The summed E-state index contributed by atoms with van der Waals surface area (Å²) in [5.74, 6) is -1.22. The lowest BCUT2D eigenvalue weighted by atomic mass is 9.92. The summed E-state index contributed by atoms with van der Waals surface area (Å²) < 4.78 is 6.65. The van der Waals surface area contributed by atoms with Crippen molar-refractivity contribution in [3.8, 4) is 11.1 Å². The molecule has 1 aliphatic heterocycles. The molecule has 0 saturated carbocycles. The molecule has 9 heteroatoms. The summed E-state index contributed by atoms with van der Waals surface area (Å²) in [6.45, 7) is 9.68. The van der Waals surface area contributed by atoms with Gasteiger partial charge in [-0.1, -0.05) is 49.7 Å². The highest BCUT2D eigenvalue weighted by Crippen LogP contribution is 2.34. The fourth-order valence-corrected chi connectivity index (χ4v) is 5.00. The molecule has 0 aliphatic carbocycles. The molecule has 4 rings (SSSR count). The summed E-state index contributed by atoms with van der Waals surface area (Å²) in [5, 5.41) is 5.62. The number of nitrogens with one attached hydrogen (secondary N) is 2. The molecule has 1 unspecified atom stereocenters. The number of benzene rings is 2. The van der Waals surface area contributed by atoms with Gasteiger partial charge in [-0.3, -0.25) is 14.4 Å². The minimum Gasteiger partial charge on any atom is -0.456 e. The zero-order valence-corrected chi connectivity index (χ0v) is 24.1. The Bertz CT molecular complexity index is 1500. The lowest BCUT2D eigenvalue weighted by molar-refractivity contribution is -0.119. The van der Waals surface area contributed by atoms with Gasteiger partial charge < -0.3 is 19.9 Å². The van der Waals surface area contributed by atoms with E-state index in [4.69, 9.17) is 16.3 Å². The predicted octanol–water partition coefficient (Wildman–Crippen LogP) is 5.64. The smallest absolute Gasteiger partial charge is 0.338 e. The molecule has 3 aromatic rings. The fraction of sp³-hybridized carbons (Fsp3) is 0.355. The number of hydrogen-bond acceptors (Lipinski definition) is 5. The first-order valence-corrected chi connectivity index (χ1v) is 13.7. The maximum absolute atomic E-state index is 13.6. The SMILES string of the molecule is CC(C)CC(C(=O)Nc1ccc(C(=O)OC(C)(C)C)cc1)n1cc2c(c(Cl)c1=O)-c1ccccc1CCNC2=O. The number of carbonyl (C=O) groups is 3. The molecule has 2 N–H and O–H groups in total. The number of amides is 2. The number of hydrogen-bond donors (Lipinski definition) is 2. The Kier molecular flexibility index (Phi) is 8.49. The molecule has 40 heavy (non-hydrogen) atoms. The lowest BCUT2D eigenvalue weighted by Gasteiger charge is -2.25. The Hall–Kier alpha value is -3.91. The second-order valence-electron chi connectivity index (χ2n) is 11.3. The number of esters is 1. The average Bonchev–Trinajstić information content (AvgIpc) is 2.87. The molecule has 0 bridgehead atoms. The summed E-state index contributed by atoms with van der Waals surface area (Å²) in [5.41, 5.74) is 1.92. The molecule has 0 spiro atoms. The van der Waals surface area contributed by atoms with Gasteiger partial charge in [-0.15, -0.1) is 0 Å². The summed E-state index contributed by atoms with van der Waals surface area (Å²) >= 11 is 6.68. The molecule has 0 fully saturated rings. The monoisotopic (exact) mass is 563 g/mol. The number of rotatable bonds is 6. The Balaban J connectivity index is 1.71. The van der Waals surface area contributed by atoms with Crippen molar-refractivity contribution in [2.45, 2.75) is 59.1 Å². The molecule has 1 atom stereocenters. The molecular weight excluding hydrogens is 530 g/mol. The van der Waals surface area contributed by atoms with Crippen LogP contribution in [-0.2, 0) is 16.0 Å². The van der Waals surface area contributed by atoms with E-state index in [2.05, 4.69) is 10.6 Å². The Morgan fingerprint density at radius 2 is 1.73 bits per heavy atom. The minimum absolute atomic E-state index is 0.0486. The number of carbonyl (C=O) groups excluding carboxylic acids is 3. The Morgan fingerprint density at radius 3 is 2.38 bits per heavy atom. The fourth-order valence-electron chi connectivity index (χ4n) is 4.70. The van der Waals surface area contributed by atoms with Gasteiger partial charge >= 0.3 is 5.97 Å². The van der Waals surface area contributed by atoms with Crippen LogP contribution in [0.1, 0.15) is 73.4 Å². The first-order valence-electron chi connectivity index (χ1n) is 13.3. The molecule has 210 valence electrons. The minimum atomic E-state index is -0.936. The van der Waals surface area contributed by atoms with Crippen LogP contribution in [0, 0.1) is 5.92 Å². The van der Waals surface area contributed by atoms with E-state index in [-0.39, 0.29) is 22.4 Å². The molecule has 2 amide bonds. The Labute approximate surface area is 238 Å². The van der Waals surface area contributed by atoms with Crippen molar-refractivity contribution in [3.63, 3.8) is 0 Å². The second-order valence-corrected chi connectivity index (χ2v) is 11.7. The largest absolute Gasteiger partial charge is 0.456 e. The number of halogens is 1. The molecule has 1 aromatic heterocycles. The van der Waals surface area contributed by atoms with E-state index in [1.165, 1.54) is 10.8 Å². The van der Waals surface area contributed by atoms with Crippen molar-refractivity contribution in [3.05, 3.63) is 86.8 Å². The second kappa shape index (κ2) is 11.7. The highest BCUT2D eigenvalue weighted by Gasteiger charge is 2.29. The highest BCUT2D eigenvalue weighted by molar-refractivity contribution is 6.34. The number of anilines is 1. The van der Waals surface area contributed by atoms with Crippen LogP contribution in [0.5, 0.6) is 0 Å². The van der Waals surface area contributed by atoms with E-state index in [0.29, 0.717) is 36.2 Å². The molecule has 0 saturated heterocycles. The predicted molar refractivity (Wildman–Crippen MR) is 156 cm³/mol. The van der Waals surface area contributed by atoms with Crippen LogP contribution in [0.25, 0.3) is 11.1 Å². The summed E-state index contributed by atoms with van der Waals surface area (Å²) in [6.07, 6.45) is 2.38. The van der Waals surface area contributed by atoms with Gasteiger partial charge in [0.15, 0.2) is 0 Å². The normalized spacial score (nSPS) is 13.8. The van der Waals surface area contributed by atoms with Gasteiger partial charge in [0, 0.05) is 24.0 Å². The van der Waals surface area contributed by atoms with Crippen molar-refractivity contribution in [2.75, 3.05) is 11.9 Å². The number of pyridine rings is 1. The molecule has 2 heterocycles. The molecular formula is C31H34ClN3O5. The molecule has 0 radical (unpaired) electrons. The first-order chi connectivity index (χ1) is 18.9.